The Morgan fingerprint density at radius 3 is 2.33 bits per heavy atom. The number of hydrogen-bond donors (Lipinski definition) is 0. The van der Waals surface area contributed by atoms with E-state index in [9.17, 15) is 12.8 Å². The second kappa shape index (κ2) is 6.91. The second-order valence-corrected chi connectivity index (χ2v) is 8.08. The summed E-state index contributed by atoms with van der Waals surface area (Å²) in [4.78, 5) is 2.40. The van der Waals surface area contributed by atoms with Crippen LogP contribution in [0.5, 0.6) is 0 Å². The molecule has 0 N–H and O–H groups in total. The van der Waals surface area contributed by atoms with Crippen LogP contribution < -0.4 is 4.90 Å². The third-order valence-corrected chi connectivity index (χ3v) is 6.17. The van der Waals surface area contributed by atoms with Gasteiger partial charge in [0.25, 0.3) is 0 Å². The van der Waals surface area contributed by atoms with E-state index in [1.807, 2.05) is 24.3 Å². The summed E-state index contributed by atoms with van der Waals surface area (Å²) < 4.78 is 39.7. The summed E-state index contributed by atoms with van der Waals surface area (Å²) in [6.07, 6.45) is 2.33. The predicted octanol–water partition coefficient (Wildman–Crippen LogP) is 3.25. The highest BCUT2D eigenvalue weighted by atomic mass is 32.2. The van der Waals surface area contributed by atoms with Crippen LogP contribution in [0, 0.1) is 5.82 Å². The van der Waals surface area contributed by atoms with E-state index >= 15 is 0 Å². The standard InChI is InChI=1S/C18H21FN2O2S/c1-20(24(22,23)17-10-8-16(19)9-11-17)14-15-6-2-3-7-18(15)21-12-4-5-13-21/h2-3,6-11H,4-5,12-14H2,1H3. The molecule has 0 radical (unpaired) electrons. The molecule has 0 unspecified atom stereocenters. The lowest BCUT2D eigenvalue weighted by atomic mass is 10.1. The average Bonchev–Trinajstić information content (AvgIpc) is 3.10. The third kappa shape index (κ3) is 3.44. The highest BCUT2D eigenvalue weighted by molar-refractivity contribution is 7.89. The molecule has 1 aliphatic rings. The van der Waals surface area contributed by atoms with Gasteiger partial charge in [-0.15, -0.1) is 0 Å². The smallest absolute Gasteiger partial charge is 0.243 e. The van der Waals surface area contributed by atoms with Gasteiger partial charge in [-0.1, -0.05) is 18.2 Å². The van der Waals surface area contributed by atoms with Crippen molar-refractivity contribution in [1.82, 2.24) is 4.31 Å². The van der Waals surface area contributed by atoms with Crippen LogP contribution in [0.15, 0.2) is 53.4 Å². The van der Waals surface area contributed by atoms with Crippen molar-refractivity contribution in [3.63, 3.8) is 0 Å². The first-order valence-corrected chi connectivity index (χ1v) is 9.47. The number of rotatable bonds is 5. The SMILES string of the molecule is CN(Cc1ccccc1N1CCCC1)S(=O)(=O)c1ccc(F)cc1. The van der Waals surface area contributed by atoms with Crippen molar-refractivity contribution < 1.29 is 12.8 Å². The Labute approximate surface area is 142 Å². The van der Waals surface area contributed by atoms with Gasteiger partial charge in [-0.2, -0.15) is 4.31 Å². The number of para-hydroxylation sites is 1. The molecule has 3 rings (SSSR count). The van der Waals surface area contributed by atoms with E-state index in [0.717, 1.165) is 37.2 Å². The van der Waals surface area contributed by atoms with Crippen molar-refractivity contribution in [2.24, 2.45) is 0 Å². The Balaban J connectivity index is 1.84. The first-order chi connectivity index (χ1) is 11.5. The first kappa shape index (κ1) is 16.9. The largest absolute Gasteiger partial charge is 0.371 e. The van der Waals surface area contributed by atoms with Crippen molar-refractivity contribution >= 4 is 15.7 Å². The molecule has 0 bridgehead atoms. The van der Waals surface area contributed by atoms with Crippen molar-refractivity contribution in [1.29, 1.82) is 0 Å². The molecule has 6 heteroatoms. The normalized spacial score (nSPS) is 15.2. The molecule has 0 atom stereocenters. The van der Waals surface area contributed by atoms with E-state index in [4.69, 9.17) is 0 Å². The van der Waals surface area contributed by atoms with Crippen LogP contribution >= 0.6 is 0 Å². The van der Waals surface area contributed by atoms with Gasteiger partial charge in [0.15, 0.2) is 0 Å². The maximum absolute atomic E-state index is 13.0. The van der Waals surface area contributed by atoms with Gasteiger partial charge in [0.1, 0.15) is 5.82 Å². The first-order valence-electron chi connectivity index (χ1n) is 8.03. The van der Waals surface area contributed by atoms with Crippen molar-refractivity contribution in [3.05, 3.63) is 59.9 Å². The lowest BCUT2D eigenvalue weighted by Crippen LogP contribution is -2.28. The fraction of sp³-hybridized carbons (Fsp3) is 0.333. The van der Waals surface area contributed by atoms with E-state index < -0.39 is 15.8 Å². The van der Waals surface area contributed by atoms with Gasteiger partial charge in [0, 0.05) is 32.4 Å². The molecular formula is C18H21FN2O2S. The zero-order valence-corrected chi connectivity index (χ0v) is 14.5. The van der Waals surface area contributed by atoms with Crippen molar-refractivity contribution in [2.45, 2.75) is 24.3 Å². The highest BCUT2D eigenvalue weighted by Crippen LogP contribution is 2.27. The number of nitrogens with zero attached hydrogens (tertiary/aromatic N) is 2. The quantitative estimate of drug-likeness (QED) is 0.833. The van der Waals surface area contributed by atoms with Crippen LogP contribution in [0.25, 0.3) is 0 Å². The van der Waals surface area contributed by atoms with Crippen LogP contribution in [0.1, 0.15) is 18.4 Å². The molecule has 0 saturated carbocycles. The lowest BCUT2D eigenvalue weighted by Gasteiger charge is -2.24. The Morgan fingerprint density at radius 2 is 1.67 bits per heavy atom. The number of benzene rings is 2. The molecule has 1 saturated heterocycles. The molecule has 24 heavy (non-hydrogen) atoms. The maximum Gasteiger partial charge on any atom is 0.243 e. The van der Waals surface area contributed by atoms with Gasteiger partial charge in [-0.25, -0.2) is 12.8 Å². The summed E-state index contributed by atoms with van der Waals surface area (Å²) >= 11 is 0. The van der Waals surface area contributed by atoms with Crippen LogP contribution in [-0.2, 0) is 16.6 Å². The summed E-state index contributed by atoms with van der Waals surface area (Å²) in [6.45, 7) is 2.29. The average molecular weight is 348 g/mol. The summed E-state index contributed by atoms with van der Waals surface area (Å²) in [5.74, 6) is -0.448. The number of halogens is 1. The molecule has 0 aliphatic carbocycles. The lowest BCUT2D eigenvalue weighted by molar-refractivity contribution is 0.466. The molecule has 0 spiro atoms. The molecule has 0 amide bonds. The molecule has 4 nitrogen and oxygen atoms in total. The molecule has 1 aliphatic heterocycles. The minimum Gasteiger partial charge on any atom is -0.371 e. The summed E-state index contributed by atoms with van der Waals surface area (Å²) in [7, 11) is -2.09. The van der Waals surface area contributed by atoms with Gasteiger partial charge >= 0.3 is 0 Å². The number of hydrogen-bond acceptors (Lipinski definition) is 3. The maximum atomic E-state index is 13.0. The number of anilines is 1. The topological polar surface area (TPSA) is 40.6 Å². The number of sulfonamides is 1. The molecule has 0 aromatic heterocycles. The molecular weight excluding hydrogens is 327 g/mol. The Morgan fingerprint density at radius 1 is 1.04 bits per heavy atom. The Kier molecular flexibility index (Phi) is 4.87. The van der Waals surface area contributed by atoms with Crippen LogP contribution in [0.4, 0.5) is 10.1 Å². The van der Waals surface area contributed by atoms with E-state index in [1.54, 1.807) is 7.05 Å². The minimum atomic E-state index is -3.65. The minimum absolute atomic E-state index is 0.102. The van der Waals surface area contributed by atoms with Gasteiger partial charge in [0.05, 0.1) is 4.90 Å². The summed E-state index contributed by atoms with van der Waals surface area (Å²) in [5.41, 5.74) is 2.07. The van der Waals surface area contributed by atoms with E-state index in [0.29, 0.717) is 0 Å². The molecule has 1 fully saturated rings. The van der Waals surface area contributed by atoms with Gasteiger partial charge in [-0.3, -0.25) is 0 Å². The summed E-state index contributed by atoms with van der Waals surface area (Å²) in [6, 6.07) is 12.8. The van der Waals surface area contributed by atoms with E-state index in [1.165, 1.54) is 28.6 Å². The fourth-order valence-corrected chi connectivity index (χ4v) is 4.17. The fourth-order valence-electron chi connectivity index (χ4n) is 3.02. The highest BCUT2D eigenvalue weighted by Gasteiger charge is 2.23. The monoisotopic (exact) mass is 348 g/mol. The van der Waals surface area contributed by atoms with Crippen molar-refractivity contribution in [3.8, 4) is 0 Å². The zero-order valence-electron chi connectivity index (χ0n) is 13.7. The van der Waals surface area contributed by atoms with Crippen molar-refractivity contribution in [2.75, 3.05) is 25.0 Å². The van der Waals surface area contributed by atoms with Gasteiger partial charge in [0.2, 0.25) is 10.0 Å². The van der Waals surface area contributed by atoms with Crippen LogP contribution in [0.3, 0.4) is 0 Å². The van der Waals surface area contributed by atoms with Gasteiger partial charge < -0.3 is 4.90 Å². The third-order valence-electron chi connectivity index (χ3n) is 4.35. The molecule has 2 aromatic carbocycles. The van der Waals surface area contributed by atoms with E-state index in [2.05, 4.69) is 4.90 Å². The van der Waals surface area contributed by atoms with Crippen LogP contribution in [0.2, 0.25) is 0 Å². The Bertz CT molecular complexity index is 800. The molecule has 1 heterocycles. The summed E-state index contributed by atoms with van der Waals surface area (Å²) in [5, 5.41) is 0. The van der Waals surface area contributed by atoms with E-state index in [-0.39, 0.29) is 11.4 Å². The molecule has 128 valence electrons. The molecule has 2 aromatic rings. The van der Waals surface area contributed by atoms with Crippen LogP contribution in [-0.4, -0.2) is 32.9 Å². The van der Waals surface area contributed by atoms with Gasteiger partial charge in [-0.05, 0) is 48.7 Å². The predicted molar refractivity (Wildman–Crippen MR) is 92.9 cm³/mol. The Hall–Kier alpha value is -1.92. The second-order valence-electron chi connectivity index (χ2n) is 6.04. The zero-order chi connectivity index (χ0) is 17.2.